The van der Waals surface area contributed by atoms with Crippen LogP contribution in [0.5, 0.6) is 0 Å². The van der Waals surface area contributed by atoms with Gasteiger partial charge in [-0.1, -0.05) is 69.0 Å². The SMILES string of the molecule is CCCCCC1CCC(Nc2ccccc2)(Nc2ccccc2)CC1. The summed E-state index contributed by atoms with van der Waals surface area (Å²) in [5.74, 6) is 0.898. The smallest absolute Gasteiger partial charge is 0.108 e. The van der Waals surface area contributed by atoms with Gasteiger partial charge in [0.05, 0.1) is 0 Å². The van der Waals surface area contributed by atoms with Crippen LogP contribution in [0, 0.1) is 5.92 Å². The highest BCUT2D eigenvalue weighted by atomic mass is 15.2. The van der Waals surface area contributed by atoms with Crippen molar-refractivity contribution >= 4 is 11.4 Å². The monoisotopic (exact) mass is 336 g/mol. The molecule has 2 N–H and O–H groups in total. The summed E-state index contributed by atoms with van der Waals surface area (Å²) in [5.41, 5.74) is 2.37. The number of benzene rings is 2. The molecule has 0 amide bonds. The van der Waals surface area contributed by atoms with E-state index in [1.165, 1.54) is 62.7 Å². The molecule has 0 radical (unpaired) electrons. The Hall–Kier alpha value is -1.96. The zero-order valence-electron chi connectivity index (χ0n) is 15.5. The van der Waals surface area contributed by atoms with Crippen LogP contribution in [0.2, 0.25) is 0 Å². The molecule has 0 heterocycles. The van der Waals surface area contributed by atoms with Crippen molar-refractivity contribution in [3.8, 4) is 0 Å². The number of para-hydroxylation sites is 2. The van der Waals surface area contributed by atoms with Crippen LogP contribution in [-0.4, -0.2) is 5.66 Å². The Morgan fingerprint density at radius 2 is 1.32 bits per heavy atom. The summed E-state index contributed by atoms with van der Waals surface area (Å²) in [5, 5.41) is 7.64. The van der Waals surface area contributed by atoms with Crippen molar-refractivity contribution in [3.05, 3.63) is 60.7 Å². The summed E-state index contributed by atoms with van der Waals surface area (Å²) in [6.07, 6.45) is 10.5. The van der Waals surface area contributed by atoms with Crippen molar-refractivity contribution in [2.75, 3.05) is 10.6 Å². The Kier molecular flexibility index (Phi) is 6.38. The molecule has 0 aromatic heterocycles. The van der Waals surface area contributed by atoms with Gasteiger partial charge >= 0.3 is 0 Å². The Balaban J connectivity index is 1.68. The van der Waals surface area contributed by atoms with Crippen molar-refractivity contribution in [1.29, 1.82) is 0 Å². The third-order valence-corrected chi connectivity index (χ3v) is 5.49. The van der Waals surface area contributed by atoms with Gasteiger partial charge in [0, 0.05) is 11.4 Å². The number of rotatable bonds is 8. The van der Waals surface area contributed by atoms with Crippen LogP contribution in [0.1, 0.15) is 58.3 Å². The molecule has 1 aliphatic rings. The molecular weight excluding hydrogens is 304 g/mol. The van der Waals surface area contributed by atoms with Gasteiger partial charge in [-0.2, -0.15) is 0 Å². The van der Waals surface area contributed by atoms with Crippen LogP contribution in [-0.2, 0) is 0 Å². The molecule has 1 aliphatic carbocycles. The van der Waals surface area contributed by atoms with E-state index in [1.807, 2.05) is 0 Å². The fraction of sp³-hybridized carbons (Fsp3) is 0.478. The Morgan fingerprint density at radius 3 is 1.80 bits per heavy atom. The minimum atomic E-state index is -0.0377. The summed E-state index contributed by atoms with van der Waals surface area (Å²) in [6, 6.07) is 21.3. The predicted molar refractivity (Wildman–Crippen MR) is 109 cm³/mol. The molecule has 1 fully saturated rings. The second kappa shape index (κ2) is 8.94. The first-order chi connectivity index (χ1) is 12.3. The number of nitrogens with one attached hydrogen (secondary N) is 2. The van der Waals surface area contributed by atoms with Gasteiger partial charge in [0.25, 0.3) is 0 Å². The minimum Gasteiger partial charge on any atom is -0.363 e. The maximum absolute atomic E-state index is 3.82. The average Bonchev–Trinajstić information content (AvgIpc) is 2.65. The largest absolute Gasteiger partial charge is 0.363 e. The molecule has 2 heteroatoms. The highest BCUT2D eigenvalue weighted by Crippen LogP contribution is 2.37. The molecule has 0 spiro atoms. The van der Waals surface area contributed by atoms with Gasteiger partial charge in [-0.25, -0.2) is 0 Å². The fourth-order valence-electron chi connectivity index (χ4n) is 4.02. The summed E-state index contributed by atoms with van der Waals surface area (Å²) >= 11 is 0. The Morgan fingerprint density at radius 1 is 0.800 bits per heavy atom. The number of hydrogen-bond donors (Lipinski definition) is 2. The van der Waals surface area contributed by atoms with Crippen LogP contribution >= 0.6 is 0 Å². The van der Waals surface area contributed by atoms with E-state index >= 15 is 0 Å². The molecule has 2 nitrogen and oxygen atoms in total. The number of hydrogen-bond acceptors (Lipinski definition) is 2. The Labute approximate surface area is 153 Å². The van der Waals surface area contributed by atoms with E-state index < -0.39 is 0 Å². The minimum absolute atomic E-state index is 0.0377. The highest BCUT2D eigenvalue weighted by molar-refractivity contribution is 5.52. The fourth-order valence-corrected chi connectivity index (χ4v) is 4.02. The summed E-state index contributed by atoms with van der Waals surface area (Å²) in [7, 11) is 0. The lowest BCUT2D eigenvalue weighted by Crippen LogP contribution is -2.49. The van der Waals surface area contributed by atoms with Gasteiger partial charge < -0.3 is 10.6 Å². The second-order valence-corrected chi connectivity index (χ2v) is 7.50. The summed E-state index contributed by atoms with van der Waals surface area (Å²) in [6.45, 7) is 2.29. The van der Waals surface area contributed by atoms with Gasteiger partial charge in [0.15, 0.2) is 0 Å². The molecule has 3 rings (SSSR count). The first-order valence-corrected chi connectivity index (χ1v) is 9.96. The number of anilines is 2. The first-order valence-electron chi connectivity index (χ1n) is 9.96. The van der Waals surface area contributed by atoms with E-state index in [4.69, 9.17) is 0 Å². The van der Waals surface area contributed by atoms with Crippen molar-refractivity contribution in [3.63, 3.8) is 0 Å². The third-order valence-electron chi connectivity index (χ3n) is 5.49. The molecule has 25 heavy (non-hydrogen) atoms. The van der Waals surface area contributed by atoms with Gasteiger partial charge in [0.1, 0.15) is 5.66 Å². The van der Waals surface area contributed by atoms with Crippen LogP contribution in [0.25, 0.3) is 0 Å². The van der Waals surface area contributed by atoms with E-state index in [1.54, 1.807) is 0 Å². The maximum atomic E-state index is 3.82. The Bertz CT molecular complexity index is 557. The average molecular weight is 337 g/mol. The van der Waals surface area contributed by atoms with Gasteiger partial charge in [-0.15, -0.1) is 0 Å². The lowest BCUT2D eigenvalue weighted by Gasteiger charge is -2.43. The number of unbranched alkanes of at least 4 members (excludes halogenated alkanes) is 2. The van der Waals surface area contributed by atoms with Gasteiger partial charge in [-0.3, -0.25) is 0 Å². The first kappa shape index (κ1) is 17.8. The quantitative estimate of drug-likeness (QED) is 0.415. The molecule has 0 saturated heterocycles. The molecule has 0 bridgehead atoms. The van der Waals surface area contributed by atoms with Crippen LogP contribution < -0.4 is 10.6 Å². The zero-order chi connectivity index (χ0) is 17.4. The molecular formula is C23H32N2. The van der Waals surface area contributed by atoms with Crippen molar-refractivity contribution in [2.24, 2.45) is 5.92 Å². The van der Waals surface area contributed by atoms with Crippen LogP contribution in [0.3, 0.4) is 0 Å². The van der Waals surface area contributed by atoms with E-state index in [0.29, 0.717) is 0 Å². The highest BCUT2D eigenvalue weighted by Gasteiger charge is 2.35. The van der Waals surface area contributed by atoms with Crippen LogP contribution in [0.15, 0.2) is 60.7 Å². The standard InChI is InChI=1S/C23H32N2/c1-2-3-6-11-20-16-18-23(19-17-20,24-21-12-7-4-8-13-21)25-22-14-9-5-10-15-22/h4-5,7-10,12-15,20,24-25H,2-3,6,11,16-19H2,1H3. The molecule has 134 valence electrons. The van der Waals surface area contributed by atoms with E-state index in [9.17, 15) is 0 Å². The molecule has 0 atom stereocenters. The molecule has 0 aliphatic heterocycles. The molecule has 0 unspecified atom stereocenters. The van der Waals surface area contributed by atoms with Crippen molar-refractivity contribution < 1.29 is 0 Å². The maximum Gasteiger partial charge on any atom is 0.108 e. The summed E-state index contributed by atoms with van der Waals surface area (Å²) in [4.78, 5) is 0. The summed E-state index contributed by atoms with van der Waals surface area (Å²) < 4.78 is 0. The zero-order valence-corrected chi connectivity index (χ0v) is 15.5. The molecule has 2 aromatic carbocycles. The normalized spacial score (nSPS) is 17.2. The third kappa shape index (κ3) is 5.26. The van der Waals surface area contributed by atoms with Gasteiger partial charge in [-0.05, 0) is 55.9 Å². The van der Waals surface area contributed by atoms with Crippen LogP contribution in [0.4, 0.5) is 11.4 Å². The van der Waals surface area contributed by atoms with E-state index in [0.717, 1.165) is 5.92 Å². The second-order valence-electron chi connectivity index (χ2n) is 7.50. The molecule has 1 saturated carbocycles. The van der Waals surface area contributed by atoms with E-state index in [2.05, 4.69) is 78.2 Å². The van der Waals surface area contributed by atoms with Gasteiger partial charge in [0.2, 0.25) is 0 Å². The van der Waals surface area contributed by atoms with E-state index in [-0.39, 0.29) is 5.66 Å². The molecule has 2 aromatic rings. The lowest BCUT2D eigenvalue weighted by molar-refractivity contribution is 0.260. The lowest BCUT2D eigenvalue weighted by atomic mass is 9.79. The van der Waals surface area contributed by atoms with Crippen molar-refractivity contribution in [2.45, 2.75) is 64.0 Å². The topological polar surface area (TPSA) is 24.1 Å². The van der Waals surface area contributed by atoms with Crippen molar-refractivity contribution in [1.82, 2.24) is 0 Å². The predicted octanol–water partition coefficient (Wildman–Crippen LogP) is 6.68.